The lowest BCUT2D eigenvalue weighted by atomic mass is 9.48. The van der Waals surface area contributed by atoms with Gasteiger partial charge in [-0.3, -0.25) is 9.59 Å². The molecule has 3 saturated carbocycles. The van der Waals surface area contributed by atoms with Crippen LogP contribution in [-0.2, 0) is 9.59 Å². The number of rotatable bonds is 1. The van der Waals surface area contributed by atoms with E-state index in [1.807, 2.05) is 0 Å². The average Bonchev–Trinajstić information content (AvgIpc) is 2.86. The molecule has 4 aliphatic carbocycles. The summed E-state index contributed by atoms with van der Waals surface area (Å²) in [5.41, 5.74) is 1.42. The zero-order valence-electron chi connectivity index (χ0n) is 14.3. The van der Waals surface area contributed by atoms with Crippen LogP contribution in [0, 0.1) is 28.6 Å². The maximum Gasteiger partial charge on any atom is 0.204 e. The summed E-state index contributed by atoms with van der Waals surface area (Å²) in [5.74, 6) is 1.99. The van der Waals surface area contributed by atoms with Crippen molar-refractivity contribution in [2.45, 2.75) is 52.4 Å². The number of allylic oxidation sites excluding steroid dienone is 3. The normalized spacial score (nSPS) is 43.8. The second-order valence-corrected chi connectivity index (χ2v) is 8.53. The summed E-state index contributed by atoms with van der Waals surface area (Å²) in [6.07, 6.45) is 9.53. The molecule has 0 aliphatic heterocycles. The lowest BCUT2D eigenvalue weighted by Gasteiger charge is -2.55. The van der Waals surface area contributed by atoms with E-state index in [0.29, 0.717) is 29.2 Å². The number of fused-ring (bicyclic) bond motifs is 5. The molecule has 0 bridgehead atoms. The van der Waals surface area contributed by atoms with Crippen LogP contribution < -0.4 is 0 Å². The average molecular weight is 341 g/mol. The molecule has 0 aromatic rings. The van der Waals surface area contributed by atoms with Crippen molar-refractivity contribution in [1.82, 2.24) is 0 Å². The number of Topliss-reactive ketones (excluding diaryl/α,β-unsaturated/α-hetero) is 1. The molecule has 4 aliphatic rings. The fraction of sp³-hybridized carbons (Fsp3) is 0.650. The van der Waals surface area contributed by atoms with Crippen molar-refractivity contribution in [3.63, 3.8) is 0 Å². The molecule has 0 aromatic carbocycles. The smallest absolute Gasteiger partial charge is 0.204 e. The number of nitrogens with zero attached hydrogens (tertiary/aromatic N) is 1. The highest BCUT2D eigenvalue weighted by molar-refractivity contribution is 7.78. The summed E-state index contributed by atoms with van der Waals surface area (Å²) in [6, 6.07) is 0. The van der Waals surface area contributed by atoms with Crippen LogP contribution in [0.2, 0.25) is 0 Å². The minimum atomic E-state index is -0.130. The van der Waals surface area contributed by atoms with Gasteiger partial charge in [0, 0.05) is 17.3 Å². The molecule has 3 nitrogen and oxygen atoms in total. The van der Waals surface area contributed by atoms with Gasteiger partial charge in [-0.05, 0) is 73.7 Å². The molecule has 4 heteroatoms. The Balaban J connectivity index is 1.77. The Morgan fingerprint density at radius 2 is 1.96 bits per heavy atom. The van der Waals surface area contributed by atoms with Gasteiger partial charge in [0.2, 0.25) is 5.78 Å². The molecule has 0 aromatic heterocycles. The number of ketones is 2. The number of isothiocyanates is 1. The van der Waals surface area contributed by atoms with Crippen LogP contribution in [0.15, 0.2) is 28.4 Å². The van der Waals surface area contributed by atoms with Crippen LogP contribution in [0.1, 0.15) is 52.4 Å². The lowest BCUT2D eigenvalue weighted by Crippen LogP contribution is -2.50. The summed E-state index contributed by atoms with van der Waals surface area (Å²) in [5, 5.41) is 2.39. The van der Waals surface area contributed by atoms with E-state index in [2.05, 4.69) is 30.1 Å². The first-order chi connectivity index (χ1) is 11.4. The molecule has 0 radical (unpaired) electrons. The number of carbonyl (C=O) groups is 2. The molecule has 126 valence electrons. The van der Waals surface area contributed by atoms with Crippen LogP contribution >= 0.6 is 12.2 Å². The van der Waals surface area contributed by atoms with Gasteiger partial charge in [0.15, 0.2) is 0 Å². The maximum absolute atomic E-state index is 12.4. The van der Waals surface area contributed by atoms with Crippen molar-refractivity contribution >= 4 is 28.9 Å². The lowest BCUT2D eigenvalue weighted by molar-refractivity contribution is -0.131. The summed E-state index contributed by atoms with van der Waals surface area (Å²) < 4.78 is 0. The van der Waals surface area contributed by atoms with E-state index < -0.39 is 0 Å². The van der Waals surface area contributed by atoms with Crippen LogP contribution in [0.5, 0.6) is 0 Å². The van der Waals surface area contributed by atoms with Gasteiger partial charge in [-0.25, -0.2) is 0 Å². The minimum Gasteiger partial charge on any atom is -0.299 e. The molecule has 4 rings (SSSR count). The number of carbonyl (C=O) groups excluding carboxylic acids is 2. The Kier molecular flexibility index (Phi) is 3.56. The van der Waals surface area contributed by atoms with Gasteiger partial charge in [0.25, 0.3) is 0 Å². The quantitative estimate of drug-likeness (QED) is 0.528. The van der Waals surface area contributed by atoms with E-state index in [-0.39, 0.29) is 16.6 Å². The zero-order valence-corrected chi connectivity index (χ0v) is 15.1. The molecule has 0 N–H and O–H groups in total. The summed E-state index contributed by atoms with van der Waals surface area (Å²) >= 11 is 4.76. The maximum atomic E-state index is 12.4. The highest BCUT2D eigenvalue weighted by Gasteiger charge is 2.58. The van der Waals surface area contributed by atoms with Gasteiger partial charge in [-0.2, -0.15) is 4.99 Å². The largest absolute Gasteiger partial charge is 0.299 e. The van der Waals surface area contributed by atoms with Crippen molar-refractivity contribution < 1.29 is 9.59 Å². The van der Waals surface area contributed by atoms with Crippen LogP contribution in [0.4, 0.5) is 0 Å². The van der Waals surface area contributed by atoms with E-state index in [4.69, 9.17) is 12.2 Å². The number of thiocarbonyl (C=S) groups is 1. The van der Waals surface area contributed by atoms with Gasteiger partial charge in [-0.1, -0.05) is 19.9 Å². The standard InChI is InChI=1S/C20H23NO2S/c1-19-10-8-16(22)18(21-11-24)15(19)4-3-12-13-5-6-17(23)20(13,2)9-7-14(12)19/h8,10,12-14H,3-7,9H2,1-2H3/t12-,13-,14-,19+,20-/m0/s1. The number of aliphatic imine (C=N–C) groups is 1. The first-order valence-corrected chi connectivity index (χ1v) is 9.41. The Morgan fingerprint density at radius 1 is 1.17 bits per heavy atom. The molecule has 3 fully saturated rings. The third-order valence-electron chi connectivity index (χ3n) is 7.55. The predicted molar refractivity (Wildman–Crippen MR) is 95.6 cm³/mol. The van der Waals surface area contributed by atoms with Crippen molar-refractivity contribution in [3.05, 3.63) is 23.4 Å². The van der Waals surface area contributed by atoms with E-state index >= 15 is 0 Å². The molecule has 0 saturated heterocycles. The zero-order chi connectivity index (χ0) is 17.1. The second-order valence-electron chi connectivity index (χ2n) is 8.34. The molecular weight excluding hydrogens is 318 g/mol. The molecular formula is C20H23NO2S. The molecule has 5 atom stereocenters. The Hall–Kier alpha value is -1.38. The topological polar surface area (TPSA) is 46.5 Å². The Labute approximate surface area is 148 Å². The first-order valence-electron chi connectivity index (χ1n) is 9.00. The SMILES string of the molecule is C[C@]12C=CC(=O)C(N=C=S)=C1CC[C@@H]1[C@@H]2CC[C@]2(C)C(=O)CC[C@@H]12. The fourth-order valence-electron chi connectivity index (χ4n) is 6.25. The second kappa shape index (κ2) is 5.31. The highest BCUT2D eigenvalue weighted by Crippen LogP contribution is 2.64. The predicted octanol–water partition coefficient (Wildman–Crippen LogP) is 4.29. The van der Waals surface area contributed by atoms with Crippen molar-refractivity contribution in [1.29, 1.82) is 0 Å². The van der Waals surface area contributed by atoms with Gasteiger partial charge in [0.1, 0.15) is 11.5 Å². The van der Waals surface area contributed by atoms with Gasteiger partial charge >= 0.3 is 0 Å². The van der Waals surface area contributed by atoms with Gasteiger partial charge in [0.05, 0.1) is 5.16 Å². The molecule has 0 unspecified atom stereocenters. The third kappa shape index (κ3) is 1.96. The van der Waals surface area contributed by atoms with Crippen molar-refractivity contribution in [3.8, 4) is 0 Å². The van der Waals surface area contributed by atoms with Crippen molar-refractivity contribution in [2.24, 2.45) is 33.6 Å². The number of hydrogen-bond acceptors (Lipinski definition) is 4. The Bertz CT molecular complexity index is 745. The van der Waals surface area contributed by atoms with E-state index in [9.17, 15) is 9.59 Å². The summed E-state index contributed by atoms with van der Waals surface area (Å²) in [4.78, 5) is 28.8. The minimum absolute atomic E-state index is 0.0463. The molecule has 0 amide bonds. The number of hydrogen-bond donors (Lipinski definition) is 0. The summed E-state index contributed by atoms with van der Waals surface area (Å²) in [6.45, 7) is 4.44. The van der Waals surface area contributed by atoms with E-state index in [1.54, 1.807) is 6.08 Å². The molecule has 0 spiro atoms. The third-order valence-corrected chi connectivity index (χ3v) is 7.64. The van der Waals surface area contributed by atoms with Crippen molar-refractivity contribution in [2.75, 3.05) is 0 Å². The van der Waals surface area contributed by atoms with Crippen LogP contribution in [0.25, 0.3) is 0 Å². The monoisotopic (exact) mass is 341 g/mol. The van der Waals surface area contributed by atoms with E-state index in [0.717, 1.165) is 44.1 Å². The van der Waals surface area contributed by atoms with Gasteiger partial charge in [-0.15, -0.1) is 0 Å². The Morgan fingerprint density at radius 3 is 2.71 bits per heavy atom. The van der Waals surface area contributed by atoms with Crippen LogP contribution in [-0.4, -0.2) is 16.7 Å². The van der Waals surface area contributed by atoms with E-state index in [1.165, 1.54) is 0 Å². The van der Waals surface area contributed by atoms with Crippen LogP contribution in [0.3, 0.4) is 0 Å². The first kappa shape index (κ1) is 16.1. The highest BCUT2D eigenvalue weighted by atomic mass is 32.1. The fourth-order valence-corrected chi connectivity index (χ4v) is 6.34. The molecule has 0 heterocycles. The summed E-state index contributed by atoms with van der Waals surface area (Å²) in [7, 11) is 0. The molecule has 24 heavy (non-hydrogen) atoms. The van der Waals surface area contributed by atoms with Gasteiger partial charge < -0.3 is 0 Å².